The van der Waals surface area contributed by atoms with Gasteiger partial charge in [-0.05, 0) is 29.8 Å². The first-order valence-electron chi connectivity index (χ1n) is 7.71. The second-order valence-electron chi connectivity index (χ2n) is 5.37. The number of methoxy groups -OCH3 is 1. The molecule has 0 aliphatic rings. The zero-order valence-corrected chi connectivity index (χ0v) is 16.5. The molecule has 0 fully saturated rings. The number of anilines is 2. The number of nitrogens with two attached hydrogens (primary N) is 1. The van der Waals surface area contributed by atoms with Gasteiger partial charge in [0.2, 0.25) is 11.0 Å². The zero-order chi connectivity index (χ0) is 19.4. The second-order valence-corrected chi connectivity index (χ2v) is 7.10. The molecule has 0 amide bonds. The molecule has 0 bridgehead atoms. The van der Waals surface area contributed by atoms with Crippen LogP contribution in [0.5, 0.6) is 5.75 Å². The van der Waals surface area contributed by atoms with Gasteiger partial charge in [0, 0.05) is 5.75 Å². The van der Waals surface area contributed by atoms with Crippen LogP contribution in [0.1, 0.15) is 5.56 Å². The lowest BCUT2D eigenvalue weighted by molar-refractivity contribution is 0.414. The number of ether oxygens (including phenoxy) is 1. The smallest absolute Gasteiger partial charge is 0.315 e. The van der Waals surface area contributed by atoms with Crippen molar-refractivity contribution in [2.45, 2.75) is 10.9 Å². The normalized spacial score (nSPS) is 10.6. The van der Waals surface area contributed by atoms with Crippen LogP contribution in [-0.4, -0.2) is 22.0 Å². The Balaban J connectivity index is 1.76. The summed E-state index contributed by atoms with van der Waals surface area (Å²) in [4.78, 5) is 12.5. The van der Waals surface area contributed by atoms with E-state index in [9.17, 15) is 4.79 Å². The SMILES string of the molecule is COc1ccc(CSc2nnc(Nc3cccc(Cl)c3Cl)c(=O)n2N)cc1. The summed E-state index contributed by atoms with van der Waals surface area (Å²) in [5.41, 5.74) is 0.940. The van der Waals surface area contributed by atoms with E-state index in [1.807, 2.05) is 24.3 Å². The molecule has 3 rings (SSSR count). The molecular formula is C17H15Cl2N5O2S. The molecule has 0 saturated carbocycles. The molecule has 10 heteroatoms. The van der Waals surface area contributed by atoms with Crippen LogP contribution in [0.4, 0.5) is 11.5 Å². The summed E-state index contributed by atoms with van der Waals surface area (Å²) >= 11 is 13.4. The molecule has 3 N–H and O–H groups in total. The Kier molecular flexibility index (Phi) is 6.10. The Bertz CT molecular complexity index is 1010. The minimum absolute atomic E-state index is 0.0459. The lowest BCUT2D eigenvalue weighted by Crippen LogP contribution is -2.32. The highest BCUT2D eigenvalue weighted by atomic mass is 35.5. The van der Waals surface area contributed by atoms with Crippen molar-refractivity contribution >= 4 is 46.5 Å². The third kappa shape index (κ3) is 4.47. The number of nitrogens with one attached hydrogen (secondary N) is 1. The molecule has 0 atom stereocenters. The molecule has 0 aliphatic heterocycles. The monoisotopic (exact) mass is 423 g/mol. The van der Waals surface area contributed by atoms with E-state index in [0.717, 1.165) is 16.0 Å². The Hall–Kier alpha value is -2.42. The van der Waals surface area contributed by atoms with Crippen molar-refractivity contribution in [2.24, 2.45) is 0 Å². The predicted octanol–water partition coefficient (Wildman–Crippen LogP) is 3.70. The largest absolute Gasteiger partial charge is 0.497 e. The molecule has 7 nitrogen and oxygen atoms in total. The van der Waals surface area contributed by atoms with Crippen molar-refractivity contribution in [1.29, 1.82) is 0 Å². The first-order chi connectivity index (χ1) is 13.0. The highest BCUT2D eigenvalue weighted by Crippen LogP contribution is 2.30. The average molecular weight is 424 g/mol. The van der Waals surface area contributed by atoms with Gasteiger partial charge in [-0.2, -0.15) is 4.68 Å². The number of hydrogen-bond acceptors (Lipinski definition) is 7. The van der Waals surface area contributed by atoms with Gasteiger partial charge in [0.1, 0.15) is 5.75 Å². The van der Waals surface area contributed by atoms with E-state index < -0.39 is 5.56 Å². The van der Waals surface area contributed by atoms with Crippen LogP contribution in [0.3, 0.4) is 0 Å². The van der Waals surface area contributed by atoms with E-state index in [0.29, 0.717) is 21.6 Å². The van der Waals surface area contributed by atoms with Crippen molar-refractivity contribution in [3.05, 3.63) is 68.4 Å². The van der Waals surface area contributed by atoms with E-state index in [1.54, 1.807) is 25.3 Å². The summed E-state index contributed by atoms with van der Waals surface area (Å²) in [7, 11) is 1.61. The van der Waals surface area contributed by atoms with Crippen LogP contribution in [0.2, 0.25) is 10.0 Å². The second kappa shape index (κ2) is 8.51. The van der Waals surface area contributed by atoms with Gasteiger partial charge >= 0.3 is 5.56 Å². The van der Waals surface area contributed by atoms with Crippen molar-refractivity contribution in [1.82, 2.24) is 14.9 Å². The number of aromatic nitrogens is 3. The van der Waals surface area contributed by atoms with Crippen molar-refractivity contribution in [3.8, 4) is 5.75 Å². The molecule has 1 aromatic heterocycles. The summed E-state index contributed by atoms with van der Waals surface area (Å²) in [6, 6.07) is 12.6. The third-order valence-electron chi connectivity index (χ3n) is 3.59. The number of rotatable bonds is 6. The minimum atomic E-state index is -0.529. The Morgan fingerprint density at radius 2 is 1.93 bits per heavy atom. The van der Waals surface area contributed by atoms with E-state index in [-0.39, 0.29) is 10.8 Å². The fraction of sp³-hybridized carbons (Fsp3) is 0.118. The molecule has 3 aromatic rings. The number of benzene rings is 2. The highest BCUT2D eigenvalue weighted by molar-refractivity contribution is 7.98. The lowest BCUT2D eigenvalue weighted by Gasteiger charge is -2.10. The molecule has 140 valence electrons. The van der Waals surface area contributed by atoms with Gasteiger partial charge in [-0.25, -0.2) is 0 Å². The minimum Gasteiger partial charge on any atom is -0.497 e. The van der Waals surface area contributed by atoms with Crippen LogP contribution < -0.4 is 21.5 Å². The zero-order valence-electron chi connectivity index (χ0n) is 14.1. The third-order valence-corrected chi connectivity index (χ3v) is 5.43. The predicted molar refractivity (Wildman–Crippen MR) is 109 cm³/mol. The van der Waals surface area contributed by atoms with Gasteiger partial charge in [0.15, 0.2) is 0 Å². The highest BCUT2D eigenvalue weighted by Gasteiger charge is 2.13. The topological polar surface area (TPSA) is 95.1 Å². The summed E-state index contributed by atoms with van der Waals surface area (Å²) in [6.45, 7) is 0. The molecule has 27 heavy (non-hydrogen) atoms. The van der Waals surface area contributed by atoms with Crippen LogP contribution in [-0.2, 0) is 5.75 Å². The summed E-state index contributed by atoms with van der Waals surface area (Å²) in [6.07, 6.45) is 0. The lowest BCUT2D eigenvalue weighted by atomic mass is 10.2. The van der Waals surface area contributed by atoms with Crippen molar-refractivity contribution in [2.75, 3.05) is 18.3 Å². The summed E-state index contributed by atoms with van der Waals surface area (Å²) in [5, 5.41) is 11.7. The average Bonchev–Trinajstić information content (AvgIpc) is 2.68. The maximum absolute atomic E-state index is 12.5. The fourth-order valence-corrected chi connectivity index (χ4v) is 3.32. The standard InChI is InChI=1S/C17H15Cl2N5O2S/c1-26-11-7-5-10(6-8-11)9-27-17-23-22-15(16(25)24(17)20)21-13-4-2-3-12(18)14(13)19/h2-8H,9,20H2,1H3,(H,21,22). The van der Waals surface area contributed by atoms with Gasteiger partial charge in [-0.1, -0.05) is 53.2 Å². The van der Waals surface area contributed by atoms with Crippen LogP contribution >= 0.6 is 35.0 Å². The number of hydrogen-bond donors (Lipinski definition) is 2. The maximum atomic E-state index is 12.5. The molecule has 0 aliphatic carbocycles. The van der Waals surface area contributed by atoms with E-state index >= 15 is 0 Å². The molecule has 0 radical (unpaired) electrons. The van der Waals surface area contributed by atoms with E-state index in [1.165, 1.54) is 11.8 Å². The number of thioether (sulfide) groups is 1. The molecule has 0 spiro atoms. The first kappa shape index (κ1) is 19.3. The van der Waals surface area contributed by atoms with Crippen molar-refractivity contribution in [3.63, 3.8) is 0 Å². The quantitative estimate of drug-likeness (QED) is 0.460. The maximum Gasteiger partial charge on any atom is 0.315 e. The number of nitrogens with zero attached hydrogens (tertiary/aromatic N) is 3. The van der Waals surface area contributed by atoms with Crippen LogP contribution in [0, 0.1) is 0 Å². The van der Waals surface area contributed by atoms with E-state index in [2.05, 4.69) is 15.5 Å². The van der Waals surface area contributed by atoms with Crippen molar-refractivity contribution < 1.29 is 4.74 Å². The van der Waals surface area contributed by atoms with Gasteiger partial charge in [0.25, 0.3) is 0 Å². The number of halogens is 2. The van der Waals surface area contributed by atoms with Crippen LogP contribution in [0.25, 0.3) is 0 Å². The molecule has 0 saturated heterocycles. The van der Waals surface area contributed by atoms with Gasteiger partial charge in [0.05, 0.1) is 22.8 Å². The summed E-state index contributed by atoms with van der Waals surface area (Å²) in [5.74, 6) is 7.17. The van der Waals surface area contributed by atoms with Gasteiger partial charge in [-0.15, -0.1) is 10.2 Å². The number of nitrogen functional groups attached to an aromatic ring is 1. The Morgan fingerprint density at radius 1 is 1.19 bits per heavy atom. The van der Waals surface area contributed by atoms with E-state index in [4.69, 9.17) is 33.8 Å². The fourth-order valence-electron chi connectivity index (χ4n) is 2.16. The Morgan fingerprint density at radius 3 is 2.63 bits per heavy atom. The first-order valence-corrected chi connectivity index (χ1v) is 9.45. The van der Waals surface area contributed by atoms with Gasteiger partial charge in [-0.3, -0.25) is 4.79 Å². The Labute approximate surface area is 169 Å². The molecule has 0 unspecified atom stereocenters. The molecule has 1 heterocycles. The summed E-state index contributed by atoms with van der Waals surface area (Å²) < 4.78 is 6.07. The molecular weight excluding hydrogens is 409 g/mol. The molecule has 2 aromatic carbocycles. The van der Waals surface area contributed by atoms with Crippen LogP contribution in [0.15, 0.2) is 52.4 Å². The van der Waals surface area contributed by atoms with Gasteiger partial charge < -0.3 is 15.9 Å².